The van der Waals surface area contributed by atoms with E-state index in [1.54, 1.807) is 32.6 Å². The van der Waals surface area contributed by atoms with Crippen molar-refractivity contribution in [1.29, 1.82) is 0 Å². The van der Waals surface area contributed by atoms with E-state index in [-0.39, 0.29) is 0 Å². The summed E-state index contributed by atoms with van der Waals surface area (Å²) in [5.41, 5.74) is 1.25. The van der Waals surface area contributed by atoms with E-state index in [1.165, 1.54) is 4.31 Å². The standard InChI is InChI=1S/C12H22BrN3O2S/c1-10-12(11(2)16(4)14-10)19(17,18)15(3)9-7-5-6-8-13/h5-9H2,1-4H3. The minimum absolute atomic E-state index is 0.345. The van der Waals surface area contributed by atoms with E-state index < -0.39 is 10.0 Å². The molecule has 1 heterocycles. The second-order valence-corrected chi connectivity index (χ2v) is 7.47. The lowest BCUT2D eigenvalue weighted by Crippen LogP contribution is -2.28. The van der Waals surface area contributed by atoms with Crippen molar-refractivity contribution in [2.24, 2.45) is 7.05 Å². The number of aryl methyl sites for hydroxylation is 2. The van der Waals surface area contributed by atoms with E-state index in [4.69, 9.17) is 0 Å². The number of alkyl halides is 1. The summed E-state index contributed by atoms with van der Waals surface area (Å²) in [5, 5.41) is 5.14. The topological polar surface area (TPSA) is 55.2 Å². The Morgan fingerprint density at radius 3 is 2.37 bits per heavy atom. The number of hydrogen-bond donors (Lipinski definition) is 0. The Labute approximate surface area is 124 Å². The molecule has 0 fully saturated rings. The molecule has 0 N–H and O–H groups in total. The maximum atomic E-state index is 12.5. The number of nitrogens with zero attached hydrogens (tertiary/aromatic N) is 3. The zero-order valence-electron chi connectivity index (χ0n) is 12.0. The van der Waals surface area contributed by atoms with Gasteiger partial charge in [0.15, 0.2) is 0 Å². The lowest BCUT2D eigenvalue weighted by atomic mass is 10.2. The van der Waals surface area contributed by atoms with Gasteiger partial charge in [0.25, 0.3) is 0 Å². The summed E-state index contributed by atoms with van der Waals surface area (Å²) in [6.07, 6.45) is 2.97. The molecule has 0 aliphatic carbocycles. The van der Waals surface area contributed by atoms with Gasteiger partial charge in [0.1, 0.15) is 4.90 Å². The monoisotopic (exact) mass is 351 g/mol. The number of unbranched alkanes of at least 4 members (excludes halogenated alkanes) is 2. The van der Waals surface area contributed by atoms with Crippen LogP contribution in [0.25, 0.3) is 0 Å². The van der Waals surface area contributed by atoms with E-state index in [9.17, 15) is 8.42 Å². The highest BCUT2D eigenvalue weighted by molar-refractivity contribution is 9.09. The van der Waals surface area contributed by atoms with Crippen LogP contribution in [0.2, 0.25) is 0 Å². The molecular formula is C12H22BrN3O2S. The maximum absolute atomic E-state index is 12.5. The normalized spacial score (nSPS) is 12.3. The van der Waals surface area contributed by atoms with E-state index in [2.05, 4.69) is 21.0 Å². The molecule has 0 radical (unpaired) electrons. The van der Waals surface area contributed by atoms with Crippen molar-refractivity contribution in [2.75, 3.05) is 18.9 Å². The van der Waals surface area contributed by atoms with Crippen LogP contribution in [0.4, 0.5) is 0 Å². The Hall–Kier alpha value is -0.400. The molecule has 1 aromatic rings. The minimum Gasteiger partial charge on any atom is -0.271 e. The zero-order chi connectivity index (χ0) is 14.6. The summed E-state index contributed by atoms with van der Waals surface area (Å²) >= 11 is 3.37. The van der Waals surface area contributed by atoms with Crippen molar-refractivity contribution in [3.05, 3.63) is 11.4 Å². The first-order chi connectivity index (χ1) is 8.82. The highest BCUT2D eigenvalue weighted by atomic mass is 79.9. The largest absolute Gasteiger partial charge is 0.271 e. The Bertz CT molecular complexity index is 525. The Kier molecular flexibility index (Phi) is 6.01. The average Bonchev–Trinajstić information content (AvgIpc) is 2.58. The molecule has 0 aromatic carbocycles. The van der Waals surface area contributed by atoms with Crippen LogP contribution in [0.1, 0.15) is 30.7 Å². The molecule has 0 unspecified atom stereocenters. The molecule has 1 aromatic heterocycles. The fourth-order valence-electron chi connectivity index (χ4n) is 2.01. The summed E-state index contributed by atoms with van der Waals surface area (Å²) in [6.45, 7) is 4.06. The van der Waals surface area contributed by atoms with Gasteiger partial charge in [-0.1, -0.05) is 22.4 Å². The van der Waals surface area contributed by atoms with Gasteiger partial charge >= 0.3 is 0 Å². The van der Waals surface area contributed by atoms with Crippen LogP contribution in [0.3, 0.4) is 0 Å². The second-order valence-electron chi connectivity index (χ2n) is 4.70. The van der Waals surface area contributed by atoms with Gasteiger partial charge < -0.3 is 0 Å². The molecule has 0 bridgehead atoms. The summed E-state index contributed by atoms with van der Waals surface area (Å²) in [5.74, 6) is 0. The quantitative estimate of drug-likeness (QED) is 0.559. The molecule has 0 amide bonds. The molecule has 1 rings (SSSR count). The Morgan fingerprint density at radius 2 is 1.89 bits per heavy atom. The van der Waals surface area contributed by atoms with Gasteiger partial charge in [0, 0.05) is 26.0 Å². The van der Waals surface area contributed by atoms with E-state index in [0.29, 0.717) is 22.8 Å². The molecule has 0 atom stereocenters. The predicted octanol–water partition coefficient (Wildman–Crippen LogP) is 2.22. The molecule has 19 heavy (non-hydrogen) atoms. The first-order valence-corrected chi connectivity index (χ1v) is 8.91. The molecule has 0 aliphatic rings. The molecule has 0 spiro atoms. The summed E-state index contributed by atoms with van der Waals surface area (Å²) in [4.78, 5) is 0.345. The fourth-order valence-corrected chi connectivity index (χ4v) is 4.01. The highest BCUT2D eigenvalue weighted by Crippen LogP contribution is 2.22. The van der Waals surface area contributed by atoms with E-state index >= 15 is 0 Å². The number of aromatic nitrogens is 2. The second kappa shape index (κ2) is 6.85. The van der Waals surface area contributed by atoms with Crippen LogP contribution in [-0.4, -0.2) is 41.4 Å². The van der Waals surface area contributed by atoms with Crippen LogP contribution in [0.15, 0.2) is 4.90 Å². The van der Waals surface area contributed by atoms with Crippen molar-refractivity contribution in [3.8, 4) is 0 Å². The first kappa shape index (κ1) is 16.7. The van der Waals surface area contributed by atoms with Crippen molar-refractivity contribution < 1.29 is 8.42 Å². The number of halogens is 1. The Morgan fingerprint density at radius 1 is 1.26 bits per heavy atom. The van der Waals surface area contributed by atoms with Crippen LogP contribution < -0.4 is 0 Å². The van der Waals surface area contributed by atoms with Crippen molar-refractivity contribution in [1.82, 2.24) is 14.1 Å². The average molecular weight is 352 g/mol. The van der Waals surface area contributed by atoms with Gasteiger partial charge in [-0.05, 0) is 26.7 Å². The highest BCUT2D eigenvalue weighted by Gasteiger charge is 2.27. The number of sulfonamides is 1. The van der Waals surface area contributed by atoms with Crippen molar-refractivity contribution in [2.45, 2.75) is 38.0 Å². The van der Waals surface area contributed by atoms with Crippen LogP contribution in [0.5, 0.6) is 0 Å². The number of rotatable bonds is 7. The van der Waals surface area contributed by atoms with Crippen LogP contribution in [-0.2, 0) is 17.1 Å². The zero-order valence-corrected chi connectivity index (χ0v) is 14.4. The molecule has 0 aliphatic heterocycles. The van der Waals surface area contributed by atoms with Gasteiger partial charge in [-0.15, -0.1) is 0 Å². The first-order valence-electron chi connectivity index (χ1n) is 6.35. The lowest BCUT2D eigenvalue weighted by Gasteiger charge is -2.17. The van der Waals surface area contributed by atoms with Gasteiger partial charge in [-0.25, -0.2) is 12.7 Å². The smallest absolute Gasteiger partial charge is 0.246 e. The van der Waals surface area contributed by atoms with E-state index in [1.807, 2.05) is 0 Å². The molecule has 5 nitrogen and oxygen atoms in total. The molecule has 0 saturated heterocycles. The van der Waals surface area contributed by atoms with Gasteiger partial charge in [-0.2, -0.15) is 5.10 Å². The summed E-state index contributed by atoms with van der Waals surface area (Å²) < 4.78 is 28.1. The Balaban J connectivity index is 2.85. The maximum Gasteiger partial charge on any atom is 0.246 e. The third kappa shape index (κ3) is 3.79. The van der Waals surface area contributed by atoms with Gasteiger partial charge in [0.2, 0.25) is 10.0 Å². The molecule has 7 heteroatoms. The summed E-state index contributed by atoms with van der Waals surface area (Å²) in [7, 11) is -0.0329. The third-order valence-corrected chi connectivity index (χ3v) is 5.89. The molecular weight excluding hydrogens is 330 g/mol. The molecule has 110 valence electrons. The minimum atomic E-state index is -3.43. The third-order valence-electron chi connectivity index (χ3n) is 3.22. The van der Waals surface area contributed by atoms with Crippen molar-refractivity contribution in [3.63, 3.8) is 0 Å². The van der Waals surface area contributed by atoms with E-state index in [0.717, 1.165) is 24.6 Å². The van der Waals surface area contributed by atoms with Gasteiger partial charge in [-0.3, -0.25) is 4.68 Å². The lowest BCUT2D eigenvalue weighted by molar-refractivity contribution is 0.454. The van der Waals surface area contributed by atoms with Crippen molar-refractivity contribution >= 4 is 26.0 Å². The van der Waals surface area contributed by atoms with Crippen LogP contribution >= 0.6 is 15.9 Å². The fraction of sp³-hybridized carbons (Fsp3) is 0.750. The van der Waals surface area contributed by atoms with Crippen LogP contribution in [0, 0.1) is 13.8 Å². The molecule has 0 saturated carbocycles. The van der Waals surface area contributed by atoms with Gasteiger partial charge in [0.05, 0.1) is 11.4 Å². The predicted molar refractivity (Wildman–Crippen MR) is 80.1 cm³/mol. The SMILES string of the molecule is Cc1nn(C)c(C)c1S(=O)(=O)N(C)CCCCCBr. The summed E-state index contributed by atoms with van der Waals surface area (Å²) in [6, 6.07) is 0. The number of hydrogen-bond acceptors (Lipinski definition) is 3.